The molecule has 0 aliphatic carbocycles. The number of ether oxygens (including phenoxy) is 3. The van der Waals surface area contributed by atoms with Crippen LogP contribution < -0.4 is 9.47 Å². The molecule has 1 N–H and O–H groups in total. The van der Waals surface area contributed by atoms with Crippen LogP contribution in [0.5, 0.6) is 11.5 Å². The quantitative estimate of drug-likeness (QED) is 0.313. The molecule has 1 aliphatic rings. The van der Waals surface area contributed by atoms with Crippen molar-refractivity contribution >= 4 is 17.6 Å². The molecule has 0 radical (unpaired) electrons. The Morgan fingerprint density at radius 1 is 1.15 bits per heavy atom. The topological polar surface area (TPSA) is 139 Å². The van der Waals surface area contributed by atoms with Crippen molar-refractivity contribution < 1.29 is 28.5 Å². The van der Waals surface area contributed by atoms with Gasteiger partial charge in [0, 0.05) is 22.6 Å². The predicted octanol–water partition coefficient (Wildman–Crippen LogP) is 4.01. The number of alkyl halides is 1. The van der Waals surface area contributed by atoms with Crippen molar-refractivity contribution in [3.8, 4) is 17.2 Å². The Bertz CT molecular complexity index is 1560. The maximum atomic E-state index is 14.1. The van der Waals surface area contributed by atoms with Crippen molar-refractivity contribution in [2.24, 2.45) is 0 Å². The Labute approximate surface area is 233 Å². The number of carboxylic acids is 1. The normalized spacial score (nSPS) is 16.6. The highest BCUT2D eigenvalue weighted by Gasteiger charge is 2.37. The van der Waals surface area contributed by atoms with Gasteiger partial charge in [0.25, 0.3) is 0 Å². The molecule has 2 atom stereocenters. The first-order valence-corrected chi connectivity index (χ1v) is 12.7. The molecule has 0 unspecified atom stereocenters. The molecule has 2 aromatic heterocycles. The van der Waals surface area contributed by atoms with E-state index in [1.165, 1.54) is 25.8 Å². The third kappa shape index (κ3) is 4.75. The molecule has 0 fully saturated rings. The van der Waals surface area contributed by atoms with Crippen LogP contribution in [0.15, 0.2) is 36.4 Å². The Kier molecular flexibility index (Phi) is 7.43. The van der Waals surface area contributed by atoms with E-state index in [0.717, 1.165) is 0 Å². The fraction of sp³-hybridized carbons (Fsp3) is 0.385. The van der Waals surface area contributed by atoms with E-state index in [9.17, 15) is 14.3 Å². The number of nitrogens with zero attached hydrogens (tertiary/aromatic N) is 7. The summed E-state index contributed by atoms with van der Waals surface area (Å²) in [6.45, 7) is 2.35. The predicted molar refractivity (Wildman–Crippen MR) is 139 cm³/mol. The lowest BCUT2D eigenvalue weighted by atomic mass is 9.93. The van der Waals surface area contributed by atoms with Crippen molar-refractivity contribution in [2.75, 3.05) is 14.2 Å². The minimum absolute atomic E-state index is 0.0747. The Morgan fingerprint density at radius 2 is 1.95 bits per heavy atom. The number of carboxylic acid groups (broad SMARTS) is 1. The summed E-state index contributed by atoms with van der Waals surface area (Å²) in [5, 5.41) is 30.6. The summed E-state index contributed by atoms with van der Waals surface area (Å²) >= 11 is 6.43. The van der Waals surface area contributed by atoms with Crippen LogP contribution in [0.3, 0.4) is 0 Å². The SMILES string of the molecule is COc1cccc([C@@H]2O[C@@H](CCn3nnc(C(C)(C)C(=O)O)n3)c3nnc(CF)n3-c3ccc(Cl)cc32)c1OC. The smallest absolute Gasteiger partial charge is 0.316 e. The zero-order chi connectivity index (χ0) is 28.6. The van der Waals surface area contributed by atoms with E-state index in [4.69, 9.17) is 25.8 Å². The molecule has 0 spiro atoms. The van der Waals surface area contributed by atoms with E-state index < -0.39 is 30.3 Å². The van der Waals surface area contributed by atoms with Gasteiger partial charge in [-0.1, -0.05) is 23.7 Å². The standard InChI is InChI=1S/C26H27ClFN7O5/c1-26(2,25(36)37)24-31-33-34(32-24)11-10-19-23-30-29-20(13-28)35(23)17-9-8-14(27)12-16(17)21(40-19)15-6-5-7-18(38-3)22(15)39-4/h5-9,12,19,21H,10-11,13H2,1-4H3,(H,36,37)/t19-,21-/m0/s1. The fourth-order valence-electron chi connectivity index (χ4n) is 4.60. The van der Waals surface area contributed by atoms with Crippen LogP contribution in [0, 0.1) is 0 Å². The summed E-state index contributed by atoms with van der Waals surface area (Å²) in [6.07, 6.45) is -1.16. The number of aryl methyl sites for hydroxylation is 1. The summed E-state index contributed by atoms with van der Waals surface area (Å²) in [6, 6.07) is 10.7. The fourth-order valence-corrected chi connectivity index (χ4v) is 4.78. The molecule has 0 saturated carbocycles. The Balaban J connectivity index is 1.59. The van der Waals surface area contributed by atoms with Gasteiger partial charge in [-0.05, 0) is 43.3 Å². The third-order valence-corrected chi connectivity index (χ3v) is 7.06. The second-order valence-electron chi connectivity index (χ2n) is 9.66. The van der Waals surface area contributed by atoms with Gasteiger partial charge in [-0.2, -0.15) is 4.80 Å². The lowest BCUT2D eigenvalue weighted by molar-refractivity contribution is -0.142. The average Bonchev–Trinajstić information content (AvgIpc) is 3.58. The lowest BCUT2D eigenvalue weighted by Crippen LogP contribution is -2.30. The number of fused-ring (bicyclic) bond motifs is 3. The second-order valence-corrected chi connectivity index (χ2v) is 10.1. The molecule has 4 aromatic rings. The van der Waals surface area contributed by atoms with Crippen molar-refractivity contribution in [1.29, 1.82) is 0 Å². The van der Waals surface area contributed by atoms with Gasteiger partial charge in [0.15, 0.2) is 29.0 Å². The monoisotopic (exact) mass is 571 g/mol. The molecule has 2 aromatic carbocycles. The number of hydrogen-bond acceptors (Lipinski definition) is 9. The Morgan fingerprint density at radius 3 is 2.65 bits per heavy atom. The third-order valence-electron chi connectivity index (χ3n) is 6.83. The lowest BCUT2D eigenvalue weighted by Gasteiger charge is -2.25. The van der Waals surface area contributed by atoms with E-state index in [2.05, 4.69) is 25.6 Å². The van der Waals surface area contributed by atoms with Crippen molar-refractivity contribution in [1.82, 2.24) is 35.0 Å². The van der Waals surface area contributed by atoms with Crippen molar-refractivity contribution in [3.05, 3.63) is 70.0 Å². The second kappa shape index (κ2) is 10.8. The molecule has 0 saturated heterocycles. The van der Waals surface area contributed by atoms with Crippen LogP contribution in [-0.2, 0) is 28.2 Å². The minimum atomic E-state index is -1.32. The van der Waals surface area contributed by atoms with Crippen LogP contribution in [0.4, 0.5) is 4.39 Å². The van der Waals surface area contributed by atoms with E-state index in [1.807, 2.05) is 12.1 Å². The van der Waals surface area contributed by atoms with Gasteiger partial charge in [-0.15, -0.1) is 20.4 Å². The van der Waals surface area contributed by atoms with E-state index >= 15 is 0 Å². The van der Waals surface area contributed by atoms with E-state index in [1.54, 1.807) is 35.9 Å². The van der Waals surface area contributed by atoms with E-state index in [-0.39, 0.29) is 24.6 Å². The molecule has 5 rings (SSSR count). The molecule has 40 heavy (non-hydrogen) atoms. The summed E-state index contributed by atoms with van der Waals surface area (Å²) in [5.74, 6) is 0.476. The van der Waals surface area contributed by atoms with Gasteiger partial charge in [0.05, 0.1) is 26.5 Å². The largest absolute Gasteiger partial charge is 0.493 e. The first-order valence-electron chi connectivity index (χ1n) is 12.4. The number of rotatable bonds is 9. The molecule has 0 amide bonds. The van der Waals surface area contributed by atoms with Crippen molar-refractivity contribution in [2.45, 2.75) is 51.1 Å². The summed E-state index contributed by atoms with van der Waals surface area (Å²) in [4.78, 5) is 12.9. The summed E-state index contributed by atoms with van der Waals surface area (Å²) < 4.78 is 33.7. The van der Waals surface area contributed by atoms with Gasteiger partial charge in [0.2, 0.25) is 0 Å². The molecule has 0 bridgehead atoms. The van der Waals surface area contributed by atoms with Gasteiger partial charge in [-0.3, -0.25) is 9.36 Å². The maximum Gasteiger partial charge on any atom is 0.316 e. The molecular weight excluding hydrogens is 545 g/mol. The number of tetrazole rings is 1. The molecule has 12 nitrogen and oxygen atoms in total. The zero-order valence-electron chi connectivity index (χ0n) is 22.2. The van der Waals surface area contributed by atoms with Gasteiger partial charge in [-0.25, -0.2) is 4.39 Å². The summed E-state index contributed by atoms with van der Waals surface area (Å²) in [7, 11) is 3.08. The van der Waals surface area contributed by atoms with Crippen LogP contribution in [0.1, 0.15) is 61.1 Å². The molecule has 14 heteroatoms. The van der Waals surface area contributed by atoms with Crippen LogP contribution in [-0.4, -0.2) is 60.3 Å². The van der Waals surface area contributed by atoms with E-state index in [0.29, 0.717) is 39.2 Å². The van der Waals surface area contributed by atoms with Gasteiger partial charge >= 0.3 is 5.97 Å². The zero-order valence-corrected chi connectivity index (χ0v) is 23.0. The van der Waals surface area contributed by atoms with Gasteiger partial charge < -0.3 is 19.3 Å². The number of benzene rings is 2. The van der Waals surface area contributed by atoms with Crippen LogP contribution in [0.2, 0.25) is 5.02 Å². The highest BCUT2D eigenvalue weighted by Crippen LogP contribution is 2.46. The average molecular weight is 572 g/mol. The maximum absolute atomic E-state index is 14.1. The number of carbonyl (C=O) groups is 1. The molecule has 3 heterocycles. The Hall–Kier alpha value is -4.10. The molecule has 1 aliphatic heterocycles. The van der Waals surface area contributed by atoms with Crippen molar-refractivity contribution in [3.63, 3.8) is 0 Å². The number of aliphatic carboxylic acids is 1. The van der Waals surface area contributed by atoms with Gasteiger partial charge in [0.1, 0.15) is 24.3 Å². The molecule has 210 valence electrons. The first kappa shape index (κ1) is 27.5. The van der Waals surface area contributed by atoms with Crippen LogP contribution >= 0.6 is 11.6 Å². The number of halogens is 2. The number of hydrogen-bond donors (Lipinski definition) is 1. The number of para-hydroxylation sites is 1. The summed E-state index contributed by atoms with van der Waals surface area (Å²) in [5.41, 5.74) is 0.614. The number of methoxy groups -OCH3 is 2. The molecular formula is C26H27ClFN7O5. The van der Waals surface area contributed by atoms with Crippen LogP contribution in [0.25, 0.3) is 5.69 Å². The number of aromatic nitrogens is 7. The highest BCUT2D eigenvalue weighted by atomic mass is 35.5. The highest BCUT2D eigenvalue weighted by molar-refractivity contribution is 6.30. The minimum Gasteiger partial charge on any atom is -0.493 e. The first-order chi connectivity index (χ1) is 19.2.